The molecule has 6 nitrogen and oxygen atoms in total. The summed E-state index contributed by atoms with van der Waals surface area (Å²) in [5, 5.41) is 15.7. The molecule has 24 heavy (non-hydrogen) atoms. The third kappa shape index (κ3) is 5.30. The second kappa shape index (κ2) is 8.39. The number of phenolic OH excluding ortho intramolecular Hbond substituents is 1. The Hall–Kier alpha value is -2.49. The summed E-state index contributed by atoms with van der Waals surface area (Å²) in [5.74, 6) is -1.62. The molecule has 2 aromatic rings. The van der Waals surface area contributed by atoms with Crippen LogP contribution < -0.4 is 10.7 Å². The van der Waals surface area contributed by atoms with E-state index < -0.39 is 17.6 Å². The number of hydrogen-bond acceptors (Lipinski definition) is 4. The number of phenols is 1. The van der Waals surface area contributed by atoms with Gasteiger partial charge >= 0.3 is 0 Å². The van der Waals surface area contributed by atoms with Crippen molar-refractivity contribution in [1.82, 2.24) is 10.7 Å². The summed E-state index contributed by atoms with van der Waals surface area (Å²) in [6, 6.07) is 10.1. The Morgan fingerprint density at radius 1 is 1.25 bits per heavy atom. The topological polar surface area (TPSA) is 90.8 Å². The number of carbonyl (C=O) groups is 2. The quantitative estimate of drug-likeness (QED) is 0.377. The van der Waals surface area contributed by atoms with Gasteiger partial charge in [0, 0.05) is 14.7 Å². The van der Waals surface area contributed by atoms with E-state index >= 15 is 0 Å². The minimum absolute atomic E-state index is 0.0350. The molecule has 0 unspecified atom stereocenters. The van der Waals surface area contributed by atoms with E-state index in [0.29, 0.717) is 5.56 Å². The van der Waals surface area contributed by atoms with Crippen molar-refractivity contribution in [3.8, 4) is 5.75 Å². The molecule has 0 aliphatic carbocycles. The van der Waals surface area contributed by atoms with E-state index in [1.165, 1.54) is 30.5 Å². The molecule has 2 amide bonds. The Morgan fingerprint density at radius 3 is 2.79 bits per heavy atom. The minimum Gasteiger partial charge on any atom is -0.507 e. The van der Waals surface area contributed by atoms with Gasteiger partial charge < -0.3 is 10.4 Å². The van der Waals surface area contributed by atoms with Crippen LogP contribution in [-0.4, -0.2) is 29.7 Å². The molecule has 0 saturated carbocycles. The Bertz CT molecular complexity index is 796. The van der Waals surface area contributed by atoms with E-state index in [0.717, 1.165) is 9.64 Å². The molecule has 2 rings (SSSR count). The van der Waals surface area contributed by atoms with Crippen LogP contribution >= 0.6 is 22.6 Å². The Labute approximate surface area is 150 Å². The molecular weight excluding hydrogens is 428 g/mol. The number of carbonyl (C=O) groups excluding carboxylic acids is 2. The van der Waals surface area contributed by atoms with Crippen LogP contribution in [0, 0.1) is 9.39 Å². The maximum atomic E-state index is 13.0. The number of nitrogens with zero attached hydrogens (tertiary/aromatic N) is 1. The molecule has 0 aliphatic heterocycles. The van der Waals surface area contributed by atoms with Gasteiger partial charge in [-0.1, -0.05) is 6.07 Å². The van der Waals surface area contributed by atoms with Crippen molar-refractivity contribution < 1.29 is 19.1 Å². The van der Waals surface area contributed by atoms with Crippen molar-refractivity contribution in [2.75, 3.05) is 6.54 Å². The first-order chi connectivity index (χ1) is 11.5. The summed E-state index contributed by atoms with van der Waals surface area (Å²) in [6.07, 6.45) is 1.30. The monoisotopic (exact) mass is 441 g/mol. The molecule has 0 atom stereocenters. The number of hydrazone groups is 1. The molecule has 3 N–H and O–H groups in total. The maximum absolute atomic E-state index is 13.0. The smallest absolute Gasteiger partial charge is 0.259 e. The molecule has 0 aromatic heterocycles. The fourth-order valence-electron chi connectivity index (χ4n) is 1.73. The molecule has 2 aromatic carbocycles. The lowest BCUT2D eigenvalue weighted by Gasteiger charge is -2.04. The van der Waals surface area contributed by atoms with Crippen LogP contribution in [0.1, 0.15) is 15.9 Å². The lowest BCUT2D eigenvalue weighted by atomic mass is 10.2. The van der Waals surface area contributed by atoms with E-state index in [1.807, 2.05) is 0 Å². The number of rotatable bonds is 5. The summed E-state index contributed by atoms with van der Waals surface area (Å²) in [7, 11) is 0. The van der Waals surface area contributed by atoms with E-state index in [4.69, 9.17) is 0 Å². The van der Waals surface area contributed by atoms with E-state index in [2.05, 4.69) is 38.4 Å². The minimum atomic E-state index is -0.566. The average molecular weight is 441 g/mol. The highest BCUT2D eigenvalue weighted by Gasteiger charge is 2.08. The highest BCUT2D eigenvalue weighted by atomic mass is 127. The first-order valence-electron chi connectivity index (χ1n) is 6.80. The fraction of sp³-hybridized carbons (Fsp3) is 0.0625. The first kappa shape index (κ1) is 17.9. The average Bonchev–Trinajstić information content (AvgIpc) is 2.56. The van der Waals surface area contributed by atoms with Crippen molar-refractivity contribution in [3.05, 3.63) is 63.0 Å². The number of amides is 2. The van der Waals surface area contributed by atoms with E-state index in [1.54, 1.807) is 12.1 Å². The predicted octanol–water partition coefficient (Wildman–Crippen LogP) is 2.02. The second-order valence-electron chi connectivity index (χ2n) is 4.69. The van der Waals surface area contributed by atoms with Crippen LogP contribution in [0.3, 0.4) is 0 Å². The molecule has 8 heteroatoms. The Kier molecular flexibility index (Phi) is 6.24. The molecule has 124 valence electrons. The first-order valence-corrected chi connectivity index (χ1v) is 7.88. The number of benzene rings is 2. The van der Waals surface area contributed by atoms with Crippen LogP contribution in [0.4, 0.5) is 4.39 Å². The fourth-order valence-corrected chi connectivity index (χ4v) is 2.25. The third-order valence-corrected chi connectivity index (χ3v) is 3.55. The zero-order valence-electron chi connectivity index (χ0n) is 12.3. The molecule has 0 spiro atoms. The highest BCUT2D eigenvalue weighted by molar-refractivity contribution is 14.1. The standard InChI is InChI=1S/C16H13FIN3O3/c17-12-3-1-2-10(6-12)16(24)19-9-15(23)21-20-8-11-7-13(18)4-5-14(11)22/h1-8,22H,9H2,(H,19,24)(H,21,23)/b20-8-. The zero-order chi connectivity index (χ0) is 17.5. The maximum Gasteiger partial charge on any atom is 0.259 e. The molecule has 0 heterocycles. The molecule has 0 bridgehead atoms. The van der Waals surface area contributed by atoms with Gasteiger partial charge in [0.05, 0.1) is 12.8 Å². The number of hydrogen-bond donors (Lipinski definition) is 3. The van der Waals surface area contributed by atoms with Crippen LogP contribution in [0.15, 0.2) is 47.6 Å². The zero-order valence-corrected chi connectivity index (χ0v) is 14.5. The van der Waals surface area contributed by atoms with Gasteiger partial charge in [-0.25, -0.2) is 9.82 Å². The SMILES string of the molecule is O=C(CNC(=O)c1cccc(F)c1)N/N=C\c1cc(I)ccc1O. The van der Waals surface area contributed by atoms with E-state index in [-0.39, 0.29) is 17.9 Å². The van der Waals surface area contributed by atoms with Crippen LogP contribution in [0.2, 0.25) is 0 Å². The normalized spacial score (nSPS) is 10.6. The van der Waals surface area contributed by atoms with Crippen molar-refractivity contribution in [2.45, 2.75) is 0 Å². The van der Waals surface area contributed by atoms with Crippen molar-refractivity contribution in [3.63, 3.8) is 0 Å². The van der Waals surface area contributed by atoms with Gasteiger partial charge in [-0.2, -0.15) is 5.10 Å². The van der Waals surface area contributed by atoms with Crippen molar-refractivity contribution >= 4 is 40.6 Å². The van der Waals surface area contributed by atoms with Gasteiger partial charge in [0.15, 0.2) is 0 Å². The van der Waals surface area contributed by atoms with Crippen LogP contribution in [0.25, 0.3) is 0 Å². The van der Waals surface area contributed by atoms with Gasteiger partial charge in [0.2, 0.25) is 0 Å². The van der Waals surface area contributed by atoms with Gasteiger partial charge in [-0.15, -0.1) is 0 Å². The van der Waals surface area contributed by atoms with Crippen LogP contribution in [0.5, 0.6) is 5.75 Å². The van der Waals surface area contributed by atoms with Crippen molar-refractivity contribution in [2.24, 2.45) is 5.10 Å². The van der Waals surface area contributed by atoms with Gasteiger partial charge in [0.25, 0.3) is 11.8 Å². The summed E-state index contributed by atoms with van der Waals surface area (Å²) < 4.78 is 13.9. The lowest BCUT2D eigenvalue weighted by molar-refractivity contribution is -0.120. The molecule has 0 radical (unpaired) electrons. The molecule has 0 saturated heterocycles. The third-order valence-electron chi connectivity index (χ3n) is 2.88. The Morgan fingerprint density at radius 2 is 2.04 bits per heavy atom. The highest BCUT2D eigenvalue weighted by Crippen LogP contribution is 2.17. The Balaban J connectivity index is 1.84. The lowest BCUT2D eigenvalue weighted by Crippen LogP contribution is -2.34. The van der Waals surface area contributed by atoms with Gasteiger partial charge in [-0.3, -0.25) is 9.59 Å². The van der Waals surface area contributed by atoms with Crippen LogP contribution in [-0.2, 0) is 4.79 Å². The van der Waals surface area contributed by atoms with Crippen molar-refractivity contribution in [1.29, 1.82) is 0 Å². The summed E-state index contributed by atoms with van der Waals surface area (Å²) >= 11 is 2.08. The number of nitrogens with one attached hydrogen (secondary N) is 2. The van der Waals surface area contributed by atoms with E-state index in [9.17, 15) is 19.1 Å². The predicted molar refractivity (Wildman–Crippen MR) is 95.3 cm³/mol. The molecular formula is C16H13FIN3O3. The summed E-state index contributed by atoms with van der Waals surface area (Å²) in [6.45, 7) is -0.314. The second-order valence-corrected chi connectivity index (χ2v) is 5.93. The summed E-state index contributed by atoms with van der Waals surface area (Å²) in [4.78, 5) is 23.4. The molecule has 0 aliphatic rings. The van der Waals surface area contributed by atoms with Gasteiger partial charge in [-0.05, 0) is 59.0 Å². The van der Waals surface area contributed by atoms with Gasteiger partial charge in [0.1, 0.15) is 11.6 Å². The number of aromatic hydroxyl groups is 1. The largest absolute Gasteiger partial charge is 0.507 e. The summed E-state index contributed by atoms with van der Waals surface area (Å²) in [5.41, 5.74) is 2.79. The molecule has 0 fully saturated rings. The number of halogens is 2.